The van der Waals surface area contributed by atoms with Gasteiger partial charge in [0.25, 0.3) is 0 Å². The monoisotopic (exact) mass is 274 g/mol. The largest absolute Gasteiger partial charge is 0.469 e. The molecule has 0 aromatic heterocycles. The zero-order valence-electron chi connectivity index (χ0n) is 10.2. The molecule has 104 valence electrons. The Balaban J connectivity index is 2.71. The van der Waals surface area contributed by atoms with Crippen LogP contribution in [0.4, 0.5) is 18.9 Å². The number of ether oxygens (including phenoxy) is 1. The van der Waals surface area contributed by atoms with Crippen molar-refractivity contribution < 1.29 is 22.7 Å². The van der Waals surface area contributed by atoms with E-state index in [1.54, 1.807) is 30.3 Å². The molecule has 0 saturated heterocycles. The van der Waals surface area contributed by atoms with Crippen LogP contribution in [0.25, 0.3) is 0 Å². The molecule has 1 N–H and O–H groups in total. The van der Waals surface area contributed by atoms with Gasteiger partial charge in [-0.1, -0.05) is 18.2 Å². The highest BCUT2D eigenvalue weighted by molar-refractivity contribution is 5.92. The van der Waals surface area contributed by atoms with Crippen LogP contribution in [-0.2, 0) is 9.53 Å². The number of nitrogens with zero attached hydrogens (tertiary/aromatic N) is 1. The van der Waals surface area contributed by atoms with E-state index in [1.807, 2.05) is 0 Å². The highest BCUT2D eigenvalue weighted by Crippen LogP contribution is 2.21. The molecule has 19 heavy (non-hydrogen) atoms. The van der Waals surface area contributed by atoms with E-state index in [4.69, 9.17) is 0 Å². The Hall–Kier alpha value is -2.05. The summed E-state index contributed by atoms with van der Waals surface area (Å²) in [6.07, 6.45) is -5.49. The van der Waals surface area contributed by atoms with Gasteiger partial charge in [-0.05, 0) is 12.1 Å². The van der Waals surface area contributed by atoms with Gasteiger partial charge in [-0.15, -0.1) is 0 Å². The van der Waals surface area contributed by atoms with Crippen LogP contribution in [0.2, 0.25) is 0 Å². The number of para-hydroxylation sites is 1. The zero-order valence-corrected chi connectivity index (χ0v) is 10.2. The maximum absolute atomic E-state index is 12.7. The van der Waals surface area contributed by atoms with E-state index in [2.05, 4.69) is 15.3 Å². The molecule has 0 saturated carbocycles. The Kier molecular flexibility index (Phi) is 5.35. The molecule has 0 aliphatic rings. The molecular formula is C12H13F3N2O2. The molecule has 1 aromatic carbocycles. The van der Waals surface area contributed by atoms with Gasteiger partial charge in [0, 0.05) is 6.42 Å². The number of carbonyl (C=O) groups excluding carboxylic acids is 1. The molecule has 0 atom stereocenters. The molecule has 0 radical (unpaired) electrons. The molecule has 0 aliphatic heterocycles. The Labute approximate surface area is 108 Å². The molecule has 7 heteroatoms. The second-order valence-electron chi connectivity index (χ2n) is 3.61. The van der Waals surface area contributed by atoms with Crippen molar-refractivity contribution in [3.63, 3.8) is 0 Å². The number of hydrazone groups is 1. The van der Waals surface area contributed by atoms with Gasteiger partial charge in [0.1, 0.15) is 5.71 Å². The Morgan fingerprint density at radius 3 is 2.42 bits per heavy atom. The average molecular weight is 274 g/mol. The molecule has 0 bridgehead atoms. The van der Waals surface area contributed by atoms with E-state index >= 15 is 0 Å². The predicted molar refractivity (Wildman–Crippen MR) is 64.8 cm³/mol. The first kappa shape index (κ1) is 15.0. The summed E-state index contributed by atoms with van der Waals surface area (Å²) in [5, 5.41) is 3.31. The van der Waals surface area contributed by atoms with Gasteiger partial charge in [-0.2, -0.15) is 18.3 Å². The van der Waals surface area contributed by atoms with Crippen molar-refractivity contribution in [3.05, 3.63) is 30.3 Å². The van der Waals surface area contributed by atoms with E-state index in [1.165, 1.54) is 0 Å². The minimum atomic E-state index is -4.59. The minimum Gasteiger partial charge on any atom is -0.469 e. The van der Waals surface area contributed by atoms with Crippen LogP contribution in [0.1, 0.15) is 12.8 Å². The van der Waals surface area contributed by atoms with Crippen LogP contribution in [0, 0.1) is 0 Å². The first-order chi connectivity index (χ1) is 8.93. The van der Waals surface area contributed by atoms with Crippen LogP contribution >= 0.6 is 0 Å². The van der Waals surface area contributed by atoms with E-state index in [9.17, 15) is 18.0 Å². The molecule has 0 spiro atoms. The fraction of sp³-hybridized carbons (Fsp3) is 0.333. The molecule has 1 aromatic rings. The van der Waals surface area contributed by atoms with Gasteiger partial charge in [-0.3, -0.25) is 10.2 Å². The first-order valence-corrected chi connectivity index (χ1v) is 5.45. The van der Waals surface area contributed by atoms with Crippen molar-refractivity contribution in [1.82, 2.24) is 0 Å². The number of hydrogen-bond acceptors (Lipinski definition) is 4. The molecular weight excluding hydrogens is 261 g/mol. The summed E-state index contributed by atoms with van der Waals surface area (Å²) in [5.74, 6) is -0.711. The lowest BCUT2D eigenvalue weighted by Gasteiger charge is -2.10. The normalized spacial score (nSPS) is 12.1. The number of carbonyl (C=O) groups is 1. The van der Waals surface area contributed by atoms with Gasteiger partial charge in [0.15, 0.2) is 0 Å². The van der Waals surface area contributed by atoms with Crippen LogP contribution < -0.4 is 5.43 Å². The SMILES string of the molecule is COC(=O)CC/C(=N\Nc1ccccc1)C(F)(F)F. The fourth-order valence-electron chi connectivity index (χ4n) is 1.23. The van der Waals surface area contributed by atoms with E-state index < -0.39 is 24.3 Å². The standard InChI is InChI=1S/C12H13F3N2O2/c1-19-11(18)8-7-10(12(13,14)15)17-16-9-5-3-2-4-6-9/h2-6,16H,7-8H2,1H3/b17-10+. The molecule has 0 aliphatic carbocycles. The lowest BCUT2D eigenvalue weighted by Crippen LogP contribution is -2.25. The zero-order chi connectivity index (χ0) is 14.3. The number of rotatable bonds is 5. The minimum absolute atomic E-state index is 0.370. The maximum atomic E-state index is 12.7. The lowest BCUT2D eigenvalue weighted by atomic mass is 10.2. The van der Waals surface area contributed by atoms with Crippen molar-refractivity contribution >= 4 is 17.4 Å². The van der Waals surface area contributed by atoms with Gasteiger partial charge in [0.2, 0.25) is 0 Å². The van der Waals surface area contributed by atoms with E-state index in [0.717, 1.165) is 7.11 Å². The van der Waals surface area contributed by atoms with Crippen LogP contribution in [0.3, 0.4) is 0 Å². The third-order valence-corrected chi connectivity index (χ3v) is 2.21. The summed E-state index contributed by atoms with van der Waals surface area (Å²) in [7, 11) is 1.12. The number of halogens is 3. The molecule has 0 fully saturated rings. The van der Waals surface area contributed by atoms with Crippen LogP contribution in [-0.4, -0.2) is 25.0 Å². The number of benzene rings is 1. The number of alkyl halides is 3. The second kappa shape index (κ2) is 6.77. The van der Waals surface area contributed by atoms with Crippen LogP contribution in [0.15, 0.2) is 35.4 Å². The third kappa shape index (κ3) is 5.41. The van der Waals surface area contributed by atoms with Crippen molar-refractivity contribution in [2.75, 3.05) is 12.5 Å². The van der Waals surface area contributed by atoms with Crippen molar-refractivity contribution in [2.24, 2.45) is 5.10 Å². The highest BCUT2D eigenvalue weighted by Gasteiger charge is 2.35. The Bertz CT molecular complexity index is 444. The number of esters is 1. The highest BCUT2D eigenvalue weighted by atomic mass is 19.4. The molecule has 0 heterocycles. The van der Waals surface area contributed by atoms with Crippen molar-refractivity contribution in [2.45, 2.75) is 19.0 Å². The second-order valence-corrected chi connectivity index (χ2v) is 3.61. The summed E-state index contributed by atoms with van der Waals surface area (Å²) in [5.41, 5.74) is 1.69. The third-order valence-electron chi connectivity index (χ3n) is 2.21. The quantitative estimate of drug-likeness (QED) is 0.510. The summed E-state index contributed by atoms with van der Waals surface area (Å²) in [4.78, 5) is 10.9. The number of methoxy groups -OCH3 is 1. The molecule has 0 unspecified atom stereocenters. The summed E-state index contributed by atoms with van der Waals surface area (Å²) in [6, 6.07) is 8.23. The fourth-order valence-corrected chi connectivity index (χ4v) is 1.23. The number of nitrogens with one attached hydrogen (secondary N) is 1. The van der Waals surface area contributed by atoms with Gasteiger partial charge < -0.3 is 4.74 Å². The average Bonchev–Trinajstić information content (AvgIpc) is 2.38. The molecule has 4 nitrogen and oxygen atoms in total. The van der Waals surface area contributed by atoms with E-state index in [0.29, 0.717) is 5.69 Å². The summed E-state index contributed by atoms with van der Waals surface area (Å²) >= 11 is 0. The van der Waals surface area contributed by atoms with Crippen molar-refractivity contribution in [3.8, 4) is 0 Å². The maximum Gasteiger partial charge on any atom is 0.431 e. The topological polar surface area (TPSA) is 50.7 Å². The van der Waals surface area contributed by atoms with Crippen molar-refractivity contribution in [1.29, 1.82) is 0 Å². The Morgan fingerprint density at radius 1 is 1.26 bits per heavy atom. The number of anilines is 1. The van der Waals surface area contributed by atoms with E-state index in [-0.39, 0.29) is 6.42 Å². The van der Waals surface area contributed by atoms with Crippen LogP contribution in [0.5, 0.6) is 0 Å². The summed E-state index contributed by atoms with van der Waals surface area (Å²) in [6.45, 7) is 0. The van der Waals surface area contributed by atoms with Gasteiger partial charge in [0.05, 0.1) is 19.2 Å². The van der Waals surface area contributed by atoms with Gasteiger partial charge >= 0.3 is 12.1 Å². The lowest BCUT2D eigenvalue weighted by molar-refractivity contribution is -0.140. The van der Waals surface area contributed by atoms with Gasteiger partial charge in [-0.25, -0.2) is 0 Å². The molecule has 0 amide bonds. The Morgan fingerprint density at radius 2 is 1.89 bits per heavy atom. The number of hydrogen-bond donors (Lipinski definition) is 1. The summed E-state index contributed by atoms with van der Waals surface area (Å²) < 4.78 is 42.3. The smallest absolute Gasteiger partial charge is 0.431 e. The molecule has 1 rings (SSSR count). The first-order valence-electron chi connectivity index (χ1n) is 5.45. The predicted octanol–water partition coefficient (Wildman–Crippen LogP) is 2.97.